The summed E-state index contributed by atoms with van der Waals surface area (Å²) in [7, 11) is 0. The third-order valence-electron chi connectivity index (χ3n) is 10.8. The minimum Gasteiger partial charge on any atom is -0.481 e. The van der Waals surface area contributed by atoms with Crippen molar-refractivity contribution >= 4 is 65.1 Å². The van der Waals surface area contributed by atoms with Crippen molar-refractivity contribution in [1.29, 1.82) is 0 Å². The SMILES string of the molecule is CC(C)C[C@H](NC(=O)CNC(=O)[C@H](C)N)C(=O)N[C@@H](Cc1ccccc1)C(=O)N[C@@H](CC(C)C)C(=O)N[C@H](C(=O)N[C@H](C(=O)N[C@@H](CCC(=O)O)C(=O)N[C@@H](C)C(=O)N[C@H](C(=O)O)C(C)C)[C@@H](C)O)[C@@H](C)O. The van der Waals surface area contributed by atoms with Crippen LogP contribution in [0.25, 0.3) is 0 Å². The summed E-state index contributed by atoms with van der Waals surface area (Å²) >= 11 is 0. The van der Waals surface area contributed by atoms with E-state index in [0.29, 0.717) is 5.56 Å². The van der Waals surface area contributed by atoms with Crippen molar-refractivity contribution in [3.63, 3.8) is 0 Å². The normalized spacial score (nSPS) is 15.8. The maximum atomic E-state index is 14.2. The molecule has 72 heavy (non-hydrogen) atoms. The van der Waals surface area contributed by atoms with Gasteiger partial charge >= 0.3 is 11.9 Å². The van der Waals surface area contributed by atoms with Crippen molar-refractivity contribution in [2.45, 2.75) is 168 Å². The molecule has 0 spiro atoms. The van der Waals surface area contributed by atoms with Crippen LogP contribution >= 0.6 is 0 Å². The van der Waals surface area contributed by atoms with Crippen molar-refractivity contribution in [3.8, 4) is 0 Å². The van der Waals surface area contributed by atoms with E-state index in [0.717, 1.165) is 13.8 Å². The Kier molecular flexibility index (Phi) is 27.1. The van der Waals surface area contributed by atoms with E-state index >= 15 is 0 Å². The van der Waals surface area contributed by atoms with Crippen LogP contribution in [0.3, 0.4) is 0 Å². The van der Waals surface area contributed by atoms with Crippen molar-refractivity contribution in [2.75, 3.05) is 6.54 Å². The molecule has 0 saturated heterocycles. The molecule has 0 aromatic heterocycles. The van der Waals surface area contributed by atoms with Gasteiger partial charge in [0, 0.05) is 12.8 Å². The predicted octanol–water partition coefficient (Wildman–Crippen LogP) is -2.95. The number of aliphatic hydroxyl groups excluding tert-OH is 2. The lowest BCUT2D eigenvalue weighted by atomic mass is 9.99. The smallest absolute Gasteiger partial charge is 0.326 e. The van der Waals surface area contributed by atoms with Gasteiger partial charge in [0.25, 0.3) is 0 Å². The zero-order valence-corrected chi connectivity index (χ0v) is 42.6. The van der Waals surface area contributed by atoms with E-state index in [4.69, 9.17) is 5.73 Å². The second kappa shape index (κ2) is 30.9. The maximum Gasteiger partial charge on any atom is 0.326 e. The molecule has 0 radical (unpaired) electrons. The third kappa shape index (κ3) is 23.0. The zero-order chi connectivity index (χ0) is 55.2. The summed E-state index contributed by atoms with van der Waals surface area (Å²) in [4.78, 5) is 143. The molecule has 0 aliphatic rings. The molecule has 0 aliphatic heterocycles. The molecule has 1 aromatic rings. The maximum absolute atomic E-state index is 14.2. The summed E-state index contributed by atoms with van der Waals surface area (Å²) in [5.74, 6) is -11.9. The van der Waals surface area contributed by atoms with Crippen LogP contribution < -0.4 is 53.6 Å². The number of hydrogen-bond acceptors (Lipinski definition) is 14. The van der Waals surface area contributed by atoms with Crippen LogP contribution in [0.4, 0.5) is 0 Å². The number of nitrogens with two attached hydrogens (primary N) is 1. The summed E-state index contributed by atoms with van der Waals surface area (Å²) in [6.45, 7) is 14.6. The second-order valence-electron chi connectivity index (χ2n) is 18.9. The molecule has 15 N–H and O–H groups in total. The molecule has 0 bridgehead atoms. The third-order valence-corrected chi connectivity index (χ3v) is 10.8. The number of amides is 9. The van der Waals surface area contributed by atoms with Gasteiger partial charge in [0.05, 0.1) is 24.8 Å². The molecule has 0 aliphatic carbocycles. The summed E-state index contributed by atoms with van der Waals surface area (Å²) in [6, 6.07) is -4.36. The quantitative estimate of drug-likeness (QED) is 0.0354. The lowest BCUT2D eigenvalue weighted by Gasteiger charge is -2.30. The summed E-state index contributed by atoms with van der Waals surface area (Å²) < 4.78 is 0. The molecule has 1 aromatic carbocycles. The second-order valence-corrected chi connectivity index (χ2v) is 18.9. The number of hydrogen-bond donors (Lipinski definition) is 14. The van der Waals surface area contributed by atoms with Gasteiger partial charge < -0.3 is 74.0 Å². The number of benzene rings is 1. The first kappa shape index (κ1) is 63.3. The van der Waals surface area contributed by atoms with E-state index in [2.05, 4.69) is 47.9 Å². The minimum atomic E-state index is -1.90. The number of rotatable bonds is 31. The molecule has 11 atom stereocenters. The molecular weight excluding hydrogens is 945 g/mol. The van der Waals surface area contributed by atoms with Crippen LogP contribution in [0.15, 0.2) is 30.3 Å². The topological polar surface area (TPSA) is 403 Å². The highest BCUT2D eigenvalue weighted by Gasteiger charge is 2.37. The van der Waals surface area contributed by atoms with E-state index in [1.165, 1.54) is 13.8 Å². The first-order chi connectivity index (χ1) is 33.4. The number of aliphatic carboxylic acids is 2. The van der Waals surface area contributed by atoms with Gasteiger partial charge in [0.1, 0.15) is 48.3 Å². The number of carboxylic acid groups (broad SMARTS) is 2. The van der Waals surface area contributed by atoms with Crippen LogP contribution in [0, 0.1) is 17.8 Å². The van der Waals surface area contributed by atoms with Gasteiger partial charge in [0.2, 0.25) is 53.2 Å². The largest absolute Gasteiger partial charge is 0.481 e. The van der Waals surface area contributed by atoms with Crippen molar-refractivity contribution in [2.24, 2.45) is 23.5 Å². The Morgan fingerprint density at radius 1 is 0.500 bits per heavy atom. The number of carbonyl (C=O) groups is 11. The average Bonchev–Trinajstić information content (AvgIpc) is 3.27. The minimum absolute atomic E-state index is 0.0342. The molecule has 25 nitrogen and oxygen atoms in total. The van der Waals surface area contributed by atoms with Gasteiger partial charge in [-0.15, -0.1) is 0 Å². The Bertz CT molecular complexity index is 2030. The summed E-state index contributed by atoms with van der Waals surface area (Å²) in [5, 5.41) is 61.9. The van der Waals surface area contributed by atoms with Crippen LogP contribution in [-0.2, 0) is 59.2 Å². The fourth-order valence-corrected chi connectivity index (χ4v) is 6.86. The summed E-state index contributed by atoms with van der Waals surface area (Å²) in [6.07, 6.45) is -4.58. The van der Waals surface area contributed by atoms with Crippen LogP contribution in [-0.4, -0.2) is 159 Å². The van der Waals surface area contributed by atoms with E-state index in [9.17, 15) is 73.2 Å². The summed E-state index contributed by atoms with van der Waals surface area (Å²) in [5.41, 5.74) is 6.17. The van der Waals surface area contributed by atoms with Crippen LogP contribution in [0.1, 0.15) is 100 Å². The van der Waals surface area contributed by atoms with Crippen molar-refractivity contribution < 1.29 is 73.2 Å². The Morgan fingerprint density at radius 2 is 0.931 bits per heavy atom. The first-order valence-corrected chi connectivity index (χ1v) is 23.7. The lowest BCUT2D eigenvalue weighted by molar-refractivity contribution is -0.143. The number of nitrogens with one attached hydrogen (secondary N) is 9. The standard InChI is InChI=1S/C47H76N10O15/c1-22(2)18-31(51-34(60)21-49-39(63)25(7)48)42(66)54-33(20-29-14-12-11-13-15-29)43(67)53-32(19-23(3)4)44(68)56-38(28(10)59)46(70)57-37(27(9)58)45(69)52-30(16-17-35(61)62)41(65)50-26(8)40(64)55-36(24(5)6)47(71)72/h11-15,22-28,30-33,36-38,58-59H,16-21,48H2,1-10H3,(H,49,63)(H,50,65)(H,51,60)(H,52,69)(H,53,67)(H,54,66)(H,55,64)(H,56,68)(H,57,70)(H,61,62)(H,71,72)/t25-,26-,27+,28+,30-,31-,32-,33-,36-,37-,38-/m0/s1. The fraction of sp³-hybridized carbons (Fsp3) is 0.638. The molecule has 0 heterocycles. The lowest BCUT2D eigenvalue weighted by Crippen LogP contribution is -2.63. The van der Waals surface area contributed by atoms with E-state index in [-0.39, 0.29) is 31.1 Å². The molecule has 0 saturated carbocycles. The van der Waals surface area contributed by atoms with Gasteiger partial charge in [0.15, 0.2) is 0 Å². The average molecular weight is 1020 g/mol. The van der Waals surface area contributed by atoms with Gasteiger partial charge in [-0.2, -0.15) is 0 Å². The van der Waals surface area contributed by atoms with E-state index in [1.807, 2.05) is 0 Å². The van der Waals surface area contributed by atoms with Crippen LogP contribution in [0.2, 0.25) is 0 Å². The molecular formula is C47H76N10O15. The highest BCUT2D eigenvalue weighted by atomic mass is 16.4. The highest BCUT2D eigenvalue weighted by Crippen LogP contribution is 2.12. The molecule has 1 rings (SSSR count). The molecule has 25 heteroatoms. The van der Waals surface area contributed by atoms with Crippen molar-refractivity contribution in [1.82, 2.24) is 47.9 Å². The number of carboxylic acids is 2. The van der Waals surface area contributed by atoms with Gasteiger partial charge in [-0.25, -0.2) is 4.79 Å². The zero-order valence-electron chi connectivity index (χ0n) is 42.6. The van der Waals surface area contributed by atoms with Crippen molar-refractivity contribution in [3.05, 3.63) is 35.9 Å². The van der Waals surface area contributed by atoms with Gasteiger partial charge in [-0.05, 0) is 70.3 Å². The highest BCUT2D eigenvalue weighted by molar-refractivity contribution is 5.98. The Morgan fingerprint density at radius 3 is 1.40 bits per heavy atom. The van der Waals surface area contributed by atoms with E-state index in [1.54, 1.807) is 71.9 Å². The molecule has 9 amide bonds. The Hall–Kier alpha value is -6.73. The van der Waals surface area contributed by atoms with Crippen LogP contribution in [0.5, 0.6) is 0 Å². The number of aliphatic hydroxyl groups is 2. The molecule has 404 valence electrons. The first-order valence-electron chi connectivity index (χ1n) is 23.7. The monoisotopic (exact) mass is 1020 g/mol. The Labute approximate surface area is 419 Å². The molecule has 0 fully saturated rings. The fourth-order valence-electron chi connectivity index (χ4n) is 6.86. The van der Waals surface area contributed by atoms with E-state index < -0.39 is 157 Å². The molecule has 0 unspecified atom stereocenters. The predicted molar refractivity (Wildman–Crippen MR) is 260 cm³/mol. The Balaban J connectivity index is 3.41. The van der Waals surface area contributed by atoms with Gasteiger partial charge in [-0.1, -0.05) is 71.9 Å². The van der Waals surface area contributed by atoms with Gasteiger partial charge in [-0.3, -0.25) is 47.9 Å². The number of carbonyl (C=O) groups excluding carboxylic acids is 9.